The van der Waals surface area contributed by atoms with Crippen molar-refractivity contribution in [1.29, 1.82) is 0 Å². The molecule has 3 aromatic rings. The van der Waals surface area contributed by atoms with E-state index in [2.05, 4.69) is 5.32 Å². The Morgan fingerprint density at radius 3 is 2.22 bits per heavy atom. The van der Waals surface area contributed by atoms with E-state index in [-0.39, 0.29) is 11.4 Å². The molecule has 0 aliphatic carbocycles. The fraction of sp³-hybridized carbons (Fsp3) is 0.259. The van der Waals surface area contributed by atoms with Crippen LogP contribution in [0.5, 0.6) is 0 Å². The summed E-state index contributed by atoms with van der Waals surface area (Å²) in [5.74, 6) is -0.971. The van der Waals surface area contributed by atoms with Crippen LogP contribution in [0, 0.1) is 13.8 Å². The summed E-state index contributed by atoms with van der Waals surface area (Å²) in [7, 11) is -2.64. The molecule has 196 valence electrons. The highest BCUT2D eigenvalue weighted by Gasteiger charge is 2.32. The average Bonchev–Trinajstić information content (AvgIpc) is 2.86. The zero-order valence-corrected chi connectivity index (χ0v) is 23.4. The number of benzene rings is 3. The normalized spacial score (nSPS) is 12.1. The monoisotopic (exact) mass is 561 g/mol. The lowest BCUT2D eigenvalue weighted by molar-refractivity contribution is -0.139. The van der Waals surface area contributed by atoms with Gasteiger partial charge in [0.1, 0.15) is 12.6 Å². The molecule has 37 heavy (non-hydrogen) atoms. The van der Waals surface area contributed by atoms with E-state index >= 15 is 0 Å². The van der Waals surface area contributed by atoms with Crippen molar-refractivity contribution in [2.45, 2.75) is 38.3 Å². The predicted octanol–water partition coefficient (Wildman–Crippen LogP) is 4.97. The minimum atomic E-state index is -4.11. The number of nitrogens with one attached hydrogen (secondary N) is 1. The Balaban J connectivity index is 2.05. The number of sulfonamides is 1. The van der Waals surface area contributed by atoms with Gasteiger partial charge in [0.15, 0.2) is 0 Å². The number of rotatable bonds is 9. The van der Waals surface area contributed by atoms with E-state index in [0.29, 0.717) is 21.3 Å². The molecule has 10 heteroatoms. The standard InChI is InChI=1S/C27H29Cl2N3O4S/c1-18-8-12-24(13-9-18)37(35,36)32(23-7-5-6-19(2)14-23)17-26(33)31(20(3)27(34)30-4)16-21-10-11-22(28)15-25(21)29/h5-15,20H,16-17H2,1-4H3,(H,30,34). The number of amides is 2. The molecule has 0 fully saturated rings. The fourth-order valence-electron chi connectivity index (χ4n) is 3.77. The van der Waals surface area contributed by atoms with Crippen LogP contribution >= 0.6 is 23.2 Å². The lowest BCUT2D eigenvalue weighted by Gasteiger charge is -2.32. The molecule has 0 aromatic heterocycles. The van der Waals surface area contributed by atoms with Crippen LogP contribution < -0.4 is 9.62 Å². The highest BCUT2D eigenvalue weighted by atomic mass is 35.5. The van der Waals surface area contributed by atoms with E-state index in [0.717, 1.165) is 15.4 Å². The van der Waals surface area contributed by atoms with Gasteiger partial charge >= 0.3 is 0 Å². The first kappa shape index (κ1) is 28.5. The minimum Gasteiger partial charge on any atom is -0.357 e. The SMILES string of the molecule is CNC(=O)C(C)N(Cc1ccc(Cl)cc1Cl)C(=O)CN(c1cccc(C)c1)S(=O)(=O)c1ccc(C)cc1. The average molecular weight is 563 g/mol. The van der Waals surface area contributed by atoms with Crippen LogP contribution in [0.15, 0.2) is 71.6 Å². The zero-order chi connectivity index (χ0) is 27.3. The van der Waals surface area contributed by atoms with Gasteiger partial charge in [-0.2, -0.15) is 0 Å². The van der Waals surface area contributed by atoms with Crippen LogP contribution in [0.25, 0.3) is 0 Å². The molecule has 0 radical (unpaired) electrons. The van der Waals surface area contributed by atoms with Crippen LogP contribution in [-0.2, 0) is 26.2 Å². The summed E-state index contributed by atoms with van der Waals surface area (Å²) in [6.45, 7) is 4.73. The second-order valence-electron chi connectivity index (χ2n) is 8.71. The maximum absolute atomic E-state index is 13.8. The number of anilines is 1. The number of carbonyl (C=O) groups excluding carboxylic acids is 2. The van der Waals surface area contributed by atoms with Gasteiger partial charge in [0, 0.05) is 23.6 Å². The Bertz CT molecular complexity index is 1400. The van der Waals surface area contributed by atoms with E-state index in [1.165, 1.54) is 24.1 Å². The van der Waals surface area contributed by atoms with Gasteiger partial charge in [-0.3, -0.25) is 13.9 Å². The summed E-state index contributed by atoms with van der Waals surface area (Å²) in [4.78, 5) is 27.7. The van der Waals surface area contributed by atoms with E-state index in [4.69, 9.17) is 23.2 Å². The van der Waals surface area contributed by atoms with Crippen molar-refractivity contribution in [3.05, 3.63) is 93.5 Å². The first-order valence-electron chi connectivity index (χ1n) is 11.5. The van der Waals surface area contributed by atoms with E-state index in [1.54, 1.807) is 55.5 Å². The van der Waals surface area contributed by atoms with Crippen molar-refractivity contribution in [2.75, 3.05) is 17.9 Å². The third kappa shape index (κ3) is 6.83. The smallest absolute Gasteiger partial charge is 0.264 e. The molecule has 0 bridgehead atoms. The number of carbonyl (C=O) groups is 2. The quantitative estimate of drug-likeness (QED) is 0.399. The lowest BCUT2D eigenvalue weighted by Crippen LogP contribution is -2.50. The topological polar surface area (TPSA) is 86.8 Å². The molecule has 0 saturated heterocycles. The largest absolute Gasteiger partial charge is 0.357 e. The van der Waals surface area contributed by atoms with Crippen LogP contribution in [0.3, 0.4) is 0 Å². The van der Waals surface area contributed by atoms with Crippen molar-refractivity contribution in [3.63, 3.8) is 0 Å². The molecule has 3 aromatic carbocycles. The predicted molar refractivity (Wildman–Crippen MR) is 147 cm³/mol. The molecule has 1 unspecified atom stereocenters. The van der Waals surface area contributed by atoms with Gasteiger partial charge in [0.25, 0.3) is 10.0 Å². The van der Waals surface area contributed by atoms with Crippen LogP contribution in [-0.4, -0.2) is 44.8 Å². The number of halogens is 2. The van der Waals surface area contributed by atoms with Crippen LogP contribution in [0.1, 0.15) is 23.6 Å². The maximum Gasteiger partial charge on any atom is 0.264 e. The number of hydrogen-bond donors (Lipinski definition) is 1. The fourth-order valence-corrected chi connectivity index (χ4v) is 5.65. The first-order chi connectivity index (χ1) is 17.4. The van der Waals surface area contributed by atoms with Crippen molar-refractivity contribution in [2.24, 2.45) is 0 Å². The van der Waals surface area contributed by atoms with Crippen LogP contribution in [0.2, 0.25) is 10.0 Å². The molecule has 0 aliphatic heterocycles. The van der Waals surface area contributed by atoms with Crippen LogP contribution in [0.4, 0.5) is 5.69 Å². The van der Waals surface area contributed by atoms with Gasteiger partial charge in [0.05, 0.1) is 10.6 Å². The van der Waals surface area contributed by atoms with E-state index in [9.17, 15) is 18.0 Å². The summed E-state index contributed by atoms with van der Waals surface area (Å²) in [5.41, 5.74) is 2.64. The van der Waals surface area contributed by atoms with E-state index < -0.39 is 34.4 Å². The van der Waals surface area contributed by atoms with E-state index in [1.807, 2.05) is 19.9 Å². The van der Waals surface area contributed by atoms with Crippen molar-refractivity contribution < 1.29 is 18.0 Å². The lowest BCUT2D eigenvalue weighted by atomic mass is 10.1. The van der Waals surface area contributed by atoms with Crippen molar-refractivity contribution in [1.82, 2.24) is 10.2 Å². The molecule has 3 rings (SSSR count). The minimum absolute atomic E-state index is 0.0182. The first-order valence-corrected chi connectivity index (χ1v) is 13.7. The molecule has 7 nitrogen and oxygen atoms in total. The van der Waals surface area contributed by atoms with Gasteiger partial charge in [-0.15, -0.1) is 0 Å². The van der Waals surface area contributed by atoms with Crippen molar-refractivity contribution >= 4 is 50.7 Å². The Hall–Kier alpha value is -3.07. The van der Waals surface area contributed by atoms with Gasteiger partial charge < -0.3 is 10.2 Å². The maximum atomic E-state index is 13.8. The molecule has 0 aliphatic rings. The zero-order valence-electron chi connectivity index (χ0n) is 21.0. The number of hydrogen-bond acceptors (Lipinski definition) is 4. The van der Waals surface area contributed by atoms with Gasteiger partial charge in [-0.05, 0) is 68.3 Å². The van der Waals surface area contributed by atoms with Gasteiger partial charge in [-0.25, -0.2) is 8.42 Å². The summed E-state index contributed by atoms with van der Waals surface area (Å²) in [5, 5.41) is 3.31. The molecule has 2 amide bonds. The van der Waals surface area contributed by atoms with Crippen molar-refractivity contribution in [3.8, 4) is 0 Å². The number of nitrogens with zero attached hydrogens (tertiary/aromatic N) is 2. The highest BCUT2D eigenvalue weighted by molar-refractivity contribution is 7.92. The third-order valence-corrected chi connectivity index (χ3v) is 8.32. The summed E-state index contributed by atoms with van der Waals surface area (Å²) >= 11 is 12.4. The second-order valence-corrected chi connectivity index (χ2v) is 11.4. The van der Waals surface area contributed by atoms with Gasteiger partial charge in [0.2, 0.25) is 11.8 Å². The number of aryl methyl sites for hydroxylation is 2. The summed E-state index contributed by atoms with van der Waals surface area (Å²) in [6, 6.07) is 17.3. The molecular weight excluding hydrogens is 533 g/mol. The summed E-state index contributed by atoms with van der Waals surface area (Å²) in [6.07, 6.45) is 0. The Morgan fingerprint density at radius 2 is 1.62 bits per heavy atom. The molecule has 0 saturated carbocycles. The Labute approximate surface area is 228 Å². The third-order valence-electron chi connectivity index (χ3n) is 5.95. The molecule has 1 atom stereocenters. The Morgan fingerprint density at radius 1 is 0.946 bits per heavy atom. The molecular formula is C27H29Cl2N3O4S. The number of likely N-dealkylation sites (N-methyl/N-ethyl adjacent to an activating group) is 1. The highest BCUT2D eigenvalue weighted by Crippen LogP contribution is 2.27. The second kappa shape index (κ2) is 12.0. The summed E-state index contributed by atoms with van der Waals surface area (Å²) < 4.78 is 28.6. The molecule has 0 heterocycles. The van der Waals surface area contributed by atoms with Gasteiger partial charge in [-0.1, -0.05) is 59.1 Å². The Kier molecular flexibility index (Phi) is 9.23. The molecule has 1 N–H and O–H groups in total. The molecule has 0 spiro atoms.